The molecule has 4 rings (SSSR count). The normalized spacial score (nSPS) is 10.7. The number of rotatable bonds is 8. The van der Waals surface area contributed by atoms with Crippen LogP contribution in [-0.2, 0) is 24.3 Å². The van der Waals surface area contributed by atoms with Crippen LogP contribution in [0.3, 0.4) is 0 Å². The smallest absolute Gasteiger partial charge is 0.220 e. The lowest BCUT2D eigenvalue weighted by molar-refractivity contribution is -0.121. The highest BCUT2D eigenvalue weighted by molar-refractivity contribution is 5.76. The number of nitrogens with one attached hydrogen (secondary N) is 1. The van der Waals surface area contributed by atoms with Gasteiger partial charge >= 0.3 is 0 Å². The van der Waals surface area contributed by atoms with Crippen LogP contribution >= 0.6 is 0 Å². The lowest BCUT2D eigenvalue weighted by Crippen LogP contribution is -2.23. The Labute approximate surface area is 183 Å². The zero-order valence-corrected chi connectivity index (χ0v) is 17.8. The Kier molecular flexibility index (Phi) is 6.58. The molecule has 1 amide bonds. The summed E-state index contributed by atoms with van der Waals surface area (Å²) in [5, 5.41) is 7.90. The van der Waals surface area contributed by atoms with Crippen LogP contribution in [-0.4, -0.2) is 15.7 Å². The molecule has 0 aliphatic carbocycles. The molecule has 0 bridgehead atoms. The fraction of sp³-hybridized carbons (Fsp3) is 0.185. The highest BCUT2D eigenvalue weighted by atomic mass is 16.1. The van der Waals surface area contributed by atoms with E-state index in [9.17, 15) is 4.79 Å². The summed E-state index contributed by atoms with van der Waals surface area (Å²) in [6.07, 6.45) is 3.25. The van der Waals surface area contributed by atoms with Gasteiger partial charge in [-0.2, -0.15) is 5.10 Å². The van der Waals surface area contributed by atoms with E-state index in [0.717, 1.165) is 23.2 Å². The minimum Gasteiger partial charge on any atom is -0.352 e. The first-order valence-corrected chi connectivity index (χ1v) is 10.7. The third-order valence-electron chi connectivity index (χ3n) is 5.31. The van der Waals surface area contributed by atoms with Gasteiger partial charge in [0.05, 0.1) is 12.2 Å². The molecule has 4 nitrogen and oxygen atoms in total. The van der Waals surface area contributed by atoms with Crippen molar-refractivity contribution in [3.63, 3.8) is 0 Å². The fourth-order valence-electron chi connectivity index (χ4n) is 3.58. The molecular weight excluding hydrogens is 382 g/mol. The maximum absolute atomic E-state index is 12.5. The van der Waals surface area contributed by atoms with Crippen LogP contribution in [0, 0.1) is 6.92 Å². The maximum atomic E-state index is 12.5. The average molecular weight is 410 g/mol. The summed E-state index contributed by atoms with van der Waals surface area (Å²) >= 11 is 0. The Morgan fingerprint density at radius 1 is 0.871 bits per heavy atom. The van der Waals surface area contributed by atoms with E-state index in [1.54, 1.807) is 0 Å². The number of amides is 1. The van der Waals surface area contributed by atoms with Crippen LogP contribution in [0.4, 0.5) is 0 Å². The van der Waals surface area contributed by atoms with E-state index in [0.29, 0.717) is 19.5 Å². The fourth-order valence-corrected chi connectivity index (χ4v) is 3.58. The second-order valence-corrected chi connectivity index (χ2v) is 7.81. The maximum Gasteiger partial charge on any atom is 0.220 e. The number of nitrogens with zero attached hydrogens (tertiary/aromatic N) is 2. The first kappa shape index (κ1) is 20.6. The average Bonchev–Trinajstić information content (AvgIpc) is 3.21. The summed E-state index contributed by atoms with van der Waals surface area (Å²) in [6.45, 7) is 3.23. The molecule has 0 saturated heterocycles. The van der Waals surface area contributed by atoms with E-state index in [1.165, 1.54) is 16.7 Å². The Morgan fingerprint density at radius 3 is 2.26 bits per heavy atom. The monoisotopic (exact) mass is 409 g/mol. The van der Waals surface area contributed by atoms with Crippen molar-refractivity contribution in [2.45, 2.75) is 32.9 Å². The summed E-state index contributed by atoms with van der Waals surface area (Å²) < 4.78 is 1.95. The van der Waals surface area contributed by atoms with Crippen LogP contribution in [0.15, 0.2) is 91.1 Å². The summed E-state index contributed by atoms with van der Waals surface area (Å²) in [5.41, 5.74) is 6.59. The van der Waals surface area contributed by atoms with Crippen molar-refractivity contribution < 1.29 is 4.79 Å². The van der Waals surface area contributed by atoms with Gasteiger partial charge in [-0.05, 0) is 24.5 Å². The van der Waals surface area contributed by atoms with Gasteiger partial charge in [0.1, 0.15) is 0 Å². The number of hydrogen-bond acceptors (Lipinski definition) is 2. The molecule has 0 aliphatic heterocycles. The van der Waals surface area contributed by atoms with Crippen LogP contribution in [0.25, 0.3) is 11.3 Å². The SMILES string of the molecule is Cc1ccc(CCC(=O)NCc2cn(Cc3ccccc3)nc2-c2ccccc2)cc1. The van der Waals surface area contributed by atoms with Gasteiger partial charge in [0.25, 0.3) is 0 Å². The minimum absolute atomic E-state index is 0.0513. The molecule has 4 heteroatoms. The van der Waals surface area contributed by atoms with E-state index in [2.05, 4.69) is 60.8 Å². The van der Waals surface area contributed by atoms with Crippen LogP contribution in [0.2, 0.25) is 0 Å². The van der Waals surface area contributed by atoms with Crippen molar-refractivity contribution in [2.24, 2.45) is 0 Å². The first-order valence-electron chi connectivity index (χ1n) is 10.7. The molecule has 156 valence electrons. The number of carbonyl (C=O) groups excluding carboxylic acids is 1. The molecule has 1 heterocycles. The quantitative estimate of drug-likeness (QED) is 0.437. The molecule has 0 radical (unpaired) electrons. The van der Waals surface area contributed by atoms with E-state index in [1.807, 2.05) is 47.3 Å². The van der Waals surface area contributed by atoms with Crippen molar-refractivity contribution in [1.82, 2.24) is 15.1 Å². The Bertz CT molecular complexity index is 1120. The van der Waals surface area contributed by atoms with Crippen LogP contribution in [0.1, 0.15) is 28.7 Å². The molecular formula is C27H27N3O. The first-order chi connectivity index (χ1) is 15.2. The Morgan fingerprint density at radius 2 is 1.55 bits per heavy atom. The highest BCUT2D eigenvalue weighted by Gasteiger charge is 2.13. The predicted molar refractivity (Wildman–Crippen MR) is 125 cm³/mol. The summed E-state index contributed by atoms with van der Waals surface area (Å²) in [5.74, 6) is 0.0513. The third-order valence-corrected chi connectivity index (χ3v) is 5.31. The molecule has 0 atom stereocenters. The summed E-state index contributed by atoms with van der Waals surface area (Å²) in [4.78, 5) is 12.5. The van der Waals surface area contributed by atoms with Crippen molar-refractivity contribution >= 4 is 5.91 Å². The zero-order valence-electron chi connectivity index (χ0n) is 17.8. The molecule has 31 heavy (non-hydrogen) atoms. The molecule has 1 aromatic heterocycles. The van der Waals surface area contributed by atoms with Crippen molar-refractivity contribution in [3.8, 4) is 11.3 Å². The van der Waals surface area contributed by atoms with Gasteiger partial charge in [0, 0.05) is 30.3 Å². The zero-order chi connectivity index (χ0) is 21.5. The molecule has 0 aliphatic rings. The highest BCUT2D eigenvalue weighted by Crippen LogP contribution is 2.22. The Balaban J connectivity index is 1.44. The molecule has 1 N–H and O–H groups in total. The van der Waals surface area contributed by atoms with Gasteiger partial charge in [0.2, 0.25) is 5.91 Å². The van der Waals surface area contributed by atoms with Crippen LogP contribution < -0.4 is 5.32 Å². The molecule has 3 aromatic carbocycles. The summed E-state index contributed by atoms with van der Waals surface area (Å²) in [7, 11) is 0. The molecule has 0 fully saturated rings. The van der Waals surface area contributed by atoms with Gasteiger partial charge < -0.3 is 5.32 Å². The number of benzene rings is 3. The van der Waals surface area contributed by atoms with Gasteiger partial charge in [-0.25, -0.2) is 0 Å². The van der Waals surface area contributed by atoms with Gasteiger partial charge in [-0.15, -0.1) is 0 Å². The van der Waals surface area contributed by atoms with Gasteiger partial charge in [-0.1, -0.05) is 90.5 Å². The molecule has 0 unspecified atom stereocenters. The third kappa shape index (κ3) is 5.70. The largest absolute Gasteiger partial charge is 0.352 e. The van der Waals surface area contributed by atoms with E-state index in [-0.39, 0.29) is 5.91 Å². The van der Waals surface area contributed by atoms with E-state index in [4.69, 9.17) is 5.10 Å². The topological polar surface area (TPSA) is 46.9 Å². The minimum atomic E-state index is 0.0513. The molecule has 0 spiro atoms. The summed E-state index contributed by atoms with van der Waals surface area (Å²) in [6, 6.07) is 28.7. The molecule has 4 aromatic rings. The second kappa shape index (κ2) is 9.90. The predicted octanol–water partition coefficient (Wildman–Crippen LogP) is 5.16. The van der Waals surface area contributed by atoms with Gasteiger partial charge in [-0.3, -0.25) is 9.48 Å². The van der Waals surface area contributed by atoms with Crippen molar-refractivity contribution in [3.05, 3.63) is 113 Å². The lowest BCUT2D eigenvalue weighted by atomic mass is 10.1. The Hall–Kier alpha value is -3.66. The van der Waals surface area contributed by atoms with E-state index >= 15 is 0 Å². The molecule has 0 saturated carbocycles. The number of carbonyl (C=O) groups is 1. The van der Waals surface area contributed by atoms with Gasteiger partial charge in [0.15, 0.2) is 0 Å². The van der Waals surface area contributed by atoms with Crippen molar-refractivity contribution in [1.29, 1.82) is 0 Å². The standard InChI is InChI=1S/C27H27N3O/c1-21-12-14-22(15-13-21)16-17-26(31)28-18-25-20-30(19-23-8-4-2-5-9-23)29-27(25)24-10-6-3-7-11-24/h2-15,20H,16-19H2,1H3,(H,28,31). The second-order valence-electron chi connectivity index (χ2n) is 7.81. The van der Waals surface area contributed by atoms with E-state index < -0.39 is 0 Å². The van der Waals surface area contributed by atoms with Crippen LogP contribution in [0.5, 0.6) is 0 Å². The van der Waals surface area contributed by atoms with Crippen molar-refractivity contribution in [2.75, 3.05) is 0 Å². The number of hydrogen-bond donors (Lipinski definition) is 1. The number of aryl methyl sites for hydroxylation is 2. The number of aromatic nitrogens is 2. The lowest BCUT2D eigenvalue weighted by Gasteiger charge is -2.06.